The Kier molecular flexibility index (Phi) is 11.3. The van der Waals surface area contributed by atoms with E-state index < -0.39 is 0 Å². The fourth-order valence-corrected chi connectivity index (χ4v) is 2.45. The second-order valence-electron chi connectivity index (χ2n) is 6.54. The van der Waals surface area contributed by atoms with Gasteiger partial charge in [0.1, 0.15) is 13.2 Å². The molecule has 0 aromatic heterocycles. The highest BCUT2D eigenvalue weighted by atomic mass is 16.5. The van der Waals surface area contributed by atoms with Gasteiger partial charge >= 0.3 is 11.9 Å². The molecule has 0 atom stereocenters. The third-order valence-electron chi connectivity index (χ3n) is 4.64. The Balaban J connectivity index is 0.000000960. The van der Waals surface area contributed by atoms with Gasteiger partial charge in [-0.25, -0.2) is 9.59 Å². The van der Waals surface area contributed by atoms with Crippen LogP contribution >= 0.6 is 0 Å². The Hall–Kier alpha value is -2.70. The molecule has 0 spiro atoms. The van der Waals surface area contributed by atoms with Crippen LogP contribution in [0.15, 0.2) is 60.7 Å². The Morgan fingerprint density at radius 2 is 1.07 bits per heavy atom. The largest absolute Gasteiger partial charge is 0.461 e. The zero-order chi connectivity index (χ0) is 21.5. The van der Waals surface area contributed by atoms with Crippen LogP contribution in [-0.2, 0) is 9.47 Å². The SMILES string of the molecule is CCC(CC)(COC(=O)c1ccccc1)COC(=O)c1ccccc1.OCCO. The van der Waals surface area contributed by atoms with Crippen molar-refractivity contribution in [2.75, 3.05) is 26.4 Å². The molecular weight excluding hydrogens is 372 g/mol. The fourth-order valence-electron chi connectivity index (χ4n) is 2.45. The molecule has 29 heavy (non-hydrogen) atoms. The van der Waals surface area contributed by atoms with E-state index in [4.69, 9.17) is 19.7 Å². The molecular formula is C23H30O6. The molecule has 0 fully saturated rings. The lowest BCUT2D eigenvalue weighted by atomic mass is 9.84. The van der Waals surface area contributed by atoms with Crippen molar-refractivity contribution in [2.45, 2.75) is 26.7 Å². The molecule has 0 unspecified atom stereocenters. The van der Waals surface area contributed by atoms with Crippen molar-refractivity contribution in [3.05, 3.63) is 71.8 Å². The average Bonchev–Trinajstić information content (AvgIpc) is 2.80. The lowest BCUT2D eigenvalue weighted by Crippen LogP contribution is -2.33. The molecule has 2 aromatic carbocycles. The van der Waals surface area contributed by atoms with Crippen molar-refractivity contribution in [3.8, 4) is 0 Å². The molecule has 0 aliphatic carbocycles. The summed E-state index contributed by atoms with van der Waals surface area (Å²) >= 11 is 0. The summed E-state index contributed by atoms with van der Waals surface area (Å²) in [6.07, 6.45) is 1.49. The van der Waals surface area contributed by atoms with Gasteiger partial charge in [0.25, 0.3) is 0 Å². The maximum Gasteiger partial charge on any atom is 0.338 e. The topological polar surface area (TPSA) is 93.1 Å². The molecule has 158 valence electrons. The summed E-state index contributed by atoms with van der Waals surface area (Å²) in [5.74, 6) is -0.720. The van der Waals surface area contributed by atoms with Crippen molar-refractivity contribution >= 4 is 11.9 Å². The summed E-state index contributed by atoms with van der Waals surface area (Å²) < 4.78 is 11.0. The number of aliphatic hydroxyl groups is 2. The third-order valence-corrected chi connectivity index (χ3v) is 4.64. The first kappa shape index (κ1) is 24.3. The van der Waals surface area contributed by atoms with Gasteiger partial charge < -0.3 is 19.7 Å². The molecule has 0 heterocycles. The number of ether oxygens (including phenoxy) is 2. The van der Waals surface area contributed by atoms with E-state index in [2.05, 4.69) is 0 Å². The standard InChI is InChI=1S/C21H24O4.C2H6O2/c1-3-21(4-2,15-24-19(22)17-11-7-5-8-12-17)16-25-20(23)18-13-9-6-10-14-18;3-1-2-4/h5-14H,3-4,15-16H2,1-2H3;3-4H,1-2H2. The summed E-state index contributed by atoms with van der Waals surface area (Å²) in [5, 5.41) is 15.2. The number of benzene rings is 2. The van der Waals surface area contributed by atoms with Crippen LogP contribution in [0.5, 0.6) is 0 Å². The highest BCUT2D eigenvalue weighted by Gasteiger charge is 2.30. The minimum absolute atomic E-state index is 0.125. The smallest absolute Gasteiger partial charge is 0.338 e. The zero-order valence-electron chi connectivity index (χ0n) is 17.0. The molecule has 0 bridgehead atoms. The van der Waals surface area contributed by atoms with Crippen LogP contribution in [0.25, 0.3) is 0 Å². The summed E-state index contributed by atoms with van der Waals surface area (Å²) in [7, 11) is 0. The van der Waals surface area contributed by atoms with E-state index in [1.807, 2.05) is 26.0 Å². The highest BCUT2D eigenvalue weighted by Crippen LogP contribution is 2.28. The van der Waals surface area contributed by atoms with E-state index in [9.17, 15) is 9.59 Å². The van der Waals surface area contributed by atoms with E-state index in [1.165, 1.54) is 0 Å². The van der Waals surface area contributed by atoms with Gasteiger partial charge in [0.05, 0.1) is 24.3 Å². The van der Waals surface area contributed by atoms with Crippen LogP contribution in [0, 0.1) is 5.41 Å². The normalized spacial score (nSPS) is 10.5. The van der Waals surface area contributed by atoms with Crippen molar-refractivity contribution in [3.63, 3.8) is 0 Å². The van der Waals surface area contributed by atoms with Gasteiger partial charge in [0, 0.05) is 5.41 Å². The number of hydrogen-bond acceptors (Lipinski definition) is 6. The van der Waals surface area contributed by atoms with Crippen LogP contribution < -0.4 is 0 Å². The van der Waals surface area contributed by atoms with Crippen LogP contribution in [0.3, 0.4) is 0 Å². The lowest BCUT2D eigenvalue weighted by molar-refractivity contribution is -0.00858. The van der Waals surface area contributed by atoms with Crippen molar-refractivity contribution in [2.24, 2.45) is 5.41 Å². The van der Waals surface area contributed by atoms with E-state index in [0.29, 0.717) is 11.1 Å². The number of esters is 2. The van der Waals surface area contributed by atoms with Gasteiger partial charge in [-0.3, -0.25) is 0 Å². The number of hydrogen-bond donors (Lipinski definition) is 2. The second kappa shape index (κ2) is 13.5. The van der Waals surface area contributed by atoms with Gasteiger partial charge in [-0.2, -0.15) is 0 Å². The second-order valence-corrected chi connectivity index (χ2v) is 6.54. The first-order chi connectivity index (χ1) is 14.0. The number of carbonyl (C=O) groups is 2. The number of carbonyl (C=O) groups excluding carboxylic acids is 2. The minimum atomic E-state index is -0.380. The van der Waals surface area contributed by atoms with Gasteiger partial charge in [-0.15, -0.1) is 0 Å². The molecule has 0 aliphatic rings. The summed E-state index contributed by atoms with van der Waals surface area (Å²) in [5.41, 5.74) is 0.657. The van der Waals surface area contributed by atoms with Crippen molar-refractivity contribution in [1.82, 2.24) is 0 Å². The predicted molar refractivity (Wildman–Crippen MR) is 111 cm³/mol. The quantitative estimate of drug-likeness (QED) is 0.624. The summed E-state index contributed by atoms with van der Waals surface area (Å²) in [4.78, 5) is 24.3. The first-order valence-electron chi connectivity index (χ1n) is 9.68. The molecule has 2 N–H and O–H groups in total. The molecule has 2 aromatic rings. The Morgan fingerprint density at radius 3 is 1.34 bits per heavy atom. The van der Waals surface area contributed by atoms with Crippen molar-refractivity contribution < 1.29 is 29.3 Å². The van der Waals surface area contributed by atoms with E-state index in [0.717, 1.165) is 12.8 Å². The molecule has 0 amide bonds. The van der Waals surface area contributed by atoms with Crippen LogP contribution in [0.1, 0.15) is 47.4 Å². The highest BCUT2D eigenvalue weighted by molar-refractivity contribution is 5.89. The van der Waals surface area contributed by atoms with Gasteiger partial charge in [-0.1, -0.05) is 50.2 Å². The number of aliphatic hydroxyl groups excluding tert-OH is 2. The molecule has 2 rings (SSSR count). The third kappa shape index (κ3) is 8.46. The van der Waals surface area contributed by atoms with Gasteiger partial charge in [-0.05, 0) is 37.1 Å². The Morgan fingerprint density at radius 1 is 0.724 bits per heavy atom. The van der Waals surface area contributed by atoms with Crippen LogP contribution in [0.4, 0.5) is 0 Å². The zero-order valence-corrected chi connectivity index (χ0v) is 17.0. The minimum Gasteiger partial charge on any atom is -0.461 e. The van der Waals surface area contributed by atoms with E-state index in [1.54, 1.807) is 48.5 Å². The lowest BCUT2D eigenvalue weighted by Gasteiger charge is -2.30. The van der Waals surface area contributed by atoms with E-state index >= 15 is 0 Å². The predicted octanol–water partition coefficient (Wildman–Crippen LogP) is 3.48. The monoisotopic (exact) mass is 402 g/mol. The summed E-state index contributed by atoms with van der Waals surface area (Å²) in [6.45, 7) is 4.21. The van der Waals surface area contributed by atoms with Crippen LogP contribution in [0.2, 0.25) is 0 Å². The Bertz CT molecular complexity index is 651. The van der Waals surface area contributed by atoms with Gasteiger partial charge in [0.15, 0.2) is 0 Å². The fraction of sp³-hybridized carbons (Fsp3) is 0.391. The average molecular weight is 402 g/mol. The first-order valence-corrected chi connectivity index (χ1v) is 9.68. The molecule has 0 aliphatic heterocycles. The molecule has 0 saturated carbocycles. The summed E-state index contributed by atoms with van der Waals surface area (Å²) in [6, 6.07) is 17.8. The maximum absolute atomic E-state index is 12.2. The van der Waals surface area contributed by atoms with E-state index in [-0.39, 0.29) is 43.8 Å². The molecule has 6 nitrogen and oxygen atoms in total. The van der Waals surface area contributed by atoms with Crippen LogP contribution in [-0.4, -0.2) is 48.6 Å². The molecule has 6 heteroatoms. The molecule has 0 saturated heterocycles. The Labute approximate surface area is 172 Å². The molecule has 0 radical (unpaired) electrons. The maximum atomic E-state index is 12.2. The van der Waals surface area contributed by atoms with Gasteiger partial charge in [0.2, 0.25) is 0 Å². The number of rotatable bonds is 9. The van der Waals surface area contributed by atoms with Crippen molar-refractivity contribution in [1.29, 1.82) is 0 Å².